The third kappa shape index (κ3) is 10.4. The van der Waals surface area contributed by atoms with E-state index in [-0.39, 0.29) is 0 Å². The molecule has 0 radical (unpaired) electrons. The highest BCUT2D eigenvalue weighted by molar-refractivity contribution is 5.98. The van der Waals surface area contributed by atoms with E-state index in [2.05, 4.69) is 385 Å². The van der Waals surface area contributed by atoms with Crippen LogP contribution in [0.1, 0.15) is 44.5 Å². The van der Waals surface area contributed by atoms with Crippen LogP contribution in [0.4, 0.5) is 68.2 Å². The standard InChI is InChI=1S/C89H68N4/c1-63-23-19-35-75(57-63)90(69-27-7-3-8-28-69)73-49-45-67(46-50-73)68-47-51-74(52-48-68)91(70-29-9-4-10-30-70)77-37-21-25-65(59-77)43-44-66-26-22-38-78(60-66)93(72-33-13-6-14-34-72)80-54-56-84-83-55-53-79(92(71-31-11-5-12-32-71)76-36-20-24-64(2)58-76)61-87(83)89(88(84)62-80)85-41-17-15-39-81(85)82-40-16-18-42-86(82)89/h3-42,45-62H,43-44H2,1-2H3. The molecule has 14 aromatic rings. The summed E-state index contributed by atoms with van der Waals surface area (Å²) in [7, 11) is 0. The Kier molecular flexibility index (Phi) is 14.7. The molecule has 2 aliphatic carbocycles. The van der Waals surface area contributed by atoms with Crippen LogP contribution >= 0.6 is 0 Å². The normalized spacial score (nSPS) is 12.2. The first-order valence-corrected chi connectivity index (χ1v) is 32.3. The Morgan fingerprint density at radius 1 is 0.204 bits per heavy atom. The molecule has 444 valence electrons. The van der Waals surface area contributed by atoms with Crippen LogP contribution in [0.2, 0.25) is 0 Å². The maximum Gasteiger partial charge on any atom is 0.0727 e. The molecular weight excluding hydrogens is 1130 g/mol. The number of aryl methyl sites for hydroxylation is 4. The van der Waals surface area contributed by atoms with Crippen LogP contribution in [0.3, 0.4) is 0 Å². The molecule has 2 aliphatic rings. The molecule has 0 saturated heterocycles. The van der Waals surface area contributed by atoms with Crippen LogP contribution < -0.4 is 19.6 Å². The zero-order chi connectivity index (χ0) is 62.2. The molecule has 93 heavy (non-hydrogen) atoms. The number of hydrogen-bond donors (Lipinski definition) is 0. The minimum absolute atomic E-state index is 0.584. The Morgan fingerprint density at radius 2 is 0.473 bits per heavy atom. The van der Waals surface area contributed by atoms with Gasteiger partial charge in [0.15, 0.2) is 0 Å². The van der Waals surface area contributed by atoms with Crippen LogP contribution in [0.25, 0.3) is 33.4 Å². The Hall–Kier alpha value is -11.7. The Bertz CT molecular complexity index is 4960. The smallest absolute Gasteiger partial charge is 0.0727 e. The average molecular weight is 1190 g/mol. The zero-order valence-corrected chi connectivity index (χ0v) is 52.2. The zero-order valence-electron chi connectivity index (χ0n) is 52.2. The summed E-state index contributed by atoms with van der Waals surface area (Å²) in [4.78, 5) is 9.57. The summed E-state index contributed by atoms with van der Waals surface area (Å²) in [5, 5.41) is 0. The number of hydrogen-bond acceptors (Lipinski definition) is 4. The molecule has 14 aromatic carbocycles. The van der Waals surface area contributed by atoms with Gasteiger partial charge in [-0.05, 0) is 250 Å². The summed E-state index contributed by atoms with van der Waals surface area (Å²) in [5.41, 5.74) is 30.5. The van der Waals surface area contributed by atoms with Gasteiger partial charge in [0.2, 0.25) is 0 Å². The van der Waals surface area contributed by atoms with Gasteiger partial charge in [-0.15, -0.1) is 0 Å². The molecule has 0 heterocycles. The maximum absolute atomic E-state index is 2.51. The quantitative estimate of drug-likeness (QED) is 0.0956. The number of rotatable bonds is 16. The summed E-state index contributed by atoms with van der Waals surface area (Å²) >= 11 is 0. The second-order valence-electron chi connectivity index (χ2n) is 24.6. The number of nitrogens with zero attached hydrogens (tertiary/aromatic N) is 4. The summed E-state index contributed by atoms with van der Waals surface area (Å²) in [5.74, 6) is 0. The highest BCUT2D eigenvalue weighted by Crippen LogP contribution is 2.64. The molecule has 0 amide bonds. The first-order valence-electron chi connectivity index (χ1n) is 32.3. The largest absolute Gasteiger partial charge is 0.310 e. The Labute approximate surface area is 546 Å². The second-order valence-corrected chi connectivity index (χ2v) is 24.6. The fourth-order valence-electron chi connectivity index (χ4n) is 14.6. The maximum atomic E-state index is 2.51. The number of benzene rings is 14. The third-order valence-corrected chi connectivity index (χ3v) is 18.8. The fraction of sp³-hybridized carbons (Fsp3) is 0.0562. The molecular formula is C89H68N4. The summed E-state index contributed by atoms with van der Waals surface area (Å²) < 4.78 is 0. The predicted molar refractivity (Wildman–Crippen MR) is 390 cm³/mol. The van der Waals surface area contributed by atoms with Crippen molar-refractivity contribution in [2.45, 2.75) is 32.1 Å². The van der Waals surface area contributed by atoms with Crippen molar-refractivity contribution in [2.75, 3.05) is 19.6 Å². The van der Waals surface area contributed by atoms with Gasteiger partial charge >= 0.3 is 0 Å². The first-order chi connectivity index (χ1) is 45.9. The molecule has 0 saturated carbocycles. The molecule has 4 heteroatoms. The number of fused-ring (bicyclic) bond motifs is 10. The van der Waals surface area contributed by atoms with Gasteiger partial charge in [0.1, 0.15) is 0 Å². The first kappa shape index (κ1) is 56.5. The summed E-state index contributed by atoms with van der Waals surface area (Å²) in [6.07, 6.45) is 1.74. The van der Waals surface area contributed by atoms with E-state index in [1.165, 1.54) is 72.3 Å². The van der Waals surface area contributed by atoms with Crippen LogP contribution in [0, 0.1) is 13.8 Å². The van der Waals surface area contributed by atoms with E-state index in [1.807, 2.05) is 0 Å². The van der Waals surface area contributed by atoms with E-state index in [1.54, 1.807) is 0 Å². The fourth-order valence-corrected chi connectivity index (χ4v) is 14.6. The predicted octanol–water partition coefficient (Wildman–Crippen LogP) is 24.0. The summed E-state index contributed by atoms with van der Waals surface area (Å²) in [6.45, 7) is 4.32. The number of anilines is 12. The van der Waals surface area contributed by atoms with Gasteiger partial charge in [-0.2, -0.15) is 0 Å². The Balaban J connectivity index is 0.716. The molecule has 0 fully saturated rings. The molecule has 0 aromatic heterocycles. The molecule has 1 spiro atoms. The lowest BCUT2D eigenvalue weighted by molar-refractivity contribution is 0.793. The van der Waals surface area contributed by atoms with Gasteiger partial charge in [-0.25, -0.2) is 0 Å². The van der Waals surface area contributed by atoms with Gasteiger partial charge in [0.05, 0.1) is 5.41 Å². The van der Waals surface area contributed by atoms with Gasteiger partial charge < -0.3 is 19.6 Å². The van der Waals surface area contributed by atoms with Crippen molar-refractivity contribution in [1.82, 2.24) is 0 Å². The van der Waals surface area contributed by atoms with E-state index in [0.717, 1.165) is 86.7 Å². The molecule has 0 unspecified atom stereocenters. The van der Waals surface area contributed by atoms with Crippen molar-refractivity contribution in [3.05, 3.63) is 396 Å². The number of para-hydroxylation sites is 4. The van der Waals surface area contributed by atoms with Gasteiger partial charge in [-0.3, -0.25) is 0 Å². The molecule has 0 N–H and O–H groups in total. The van der Waals surface area contributed by atoms with Crippen molar-refractivity contribution in [2.24, 2.45) is 0 Å². The highest BCUT2D eigenvalue weighted by atomic mass is 15.2. The molecule has 4 nitrogen and oxygen atoms in total. The third-order valence-electron chi connectivity index (χ3n) is 18.8. The van der Waals surface area contributed by atoms with Gasteiger partial charge in [0, 0.05) is 68.2 Å². The molecule has 0 atom stereocenters. The van der Waals surface area contributed by atoms with E-state index >= 15 is 0 Å². The lowest BCUT2D eigenvalue weighted by Crippen LogP contribution is -2.26. The van der Waals surface area contributed by atoms with Crippen molar-refractivity contribution >= 4 is 68.2 Å². The second kappa shape index (κ2) is 24.2. The van der Waals surface area contributed by atoms with Crippen LogP contribution in [-0.4, -0.2) is 0 Å². The van der Waals surface area contributed by atoms with Crippen molar-refractivity contribution in [3.63, 3.8) is 0 Å². The average Bonchev–Trinajstić information content (AvgIpc) is 1.51. The van der Waals surface area contributed by atoms with Crippen molar-refractivity contribution in [1.29, 1.82) is 0 Å². The van der Waals surface area contributed by atoms with Crippen molar-refractivity contribution < 1.29 is 0 Å². The molecule has 0 aliphatic heterocycles. The Morgan fingerprint density at radius 3 is 0.839 bits per heavy atom. The van der Waals surface area contributed by atoms with Crippen LogP contribution in [0.15, 0.2) is 352 Å². The SMILES string of the molecule is Cc1cccc(N(c2ccccc2)c2ccc(-c3ccc(N(c4ccccc4)c4cccc(CCc5cccc(N(c6ccccc6)c6ccc7c(c6)C6(c8ccccc8-c8ccccc86)c6cc(N(c8ccccc8)c8cccc(C)c8)ccc6-7)c5)c4)cc3)cc2)c1. The van der Waals surface area contributed by atoms with E-state index in [0.29, 0.717) is 0 Å². The monoisotopic (exact) mass is 1190 g/mol. The topological polar surface area (TPSA) is 13.0 Å². The minimum atomic E-state index is -0.584. The van der Waals surface area contributed by atoms with Gasteiger partial charge in [-0.1, -0.05) is 206 Å². The lowest BCUT2D eigenvalue weighted by Gasteiger charge is -2.33. The van der Waals surface area contributed by atoms with Crippen molar-refractivity contribution in [3.8, 4) is 33.4 Å². The lowest BCUT2D eigenvalue weighted by atomic mass is 9.70. The van der Waals surface area contributed by atoms with E-state index in [4.69, 9.17) is 0 Å². The highest BCUT2D eigenvalue weighted by Gasteiger charge is 2.52. The van der Waals surface area contributed by atoms with Crippen LogP contribution in [-0.2, 0) is 18.3 Å². The van der Waals surface area contributed by atoms with E-state index < -0.39 is 5.41 Å². The summed E-state index contributed by atoms with van der Waals surface area (Å²) in [6, 6.07) is 129. The molecule has 16 rings (SSSR count). The van der Waals surface area contributed by atoms with Crippen LogP contribution in [0.5, 0.6) is 0 Å². The molecule has 0 bridgehead atoms. The minimum Gasteiger partial charge on any atom is -0.310 e. The van der Waals surface area contributed by atoms with Gasteiger partial charge in [0.25, 0.3) is 0 Å². The van der Waals surface area contributed by atoms with E-state index in [9.17, 15) is 0 Å².